The number of benzene rings is 2. The van der Waals surface area contributed by atoms with Crippen LogP contribution in [0.5, 0.6) is 5.75 Å². The van der Waals surface area contributed by atoms with Crippen LogP contribution in [0.2, 0.25) is 0 Å². The third kappa shape index (κ3) is 5.89. The fraction of sp³-hybridized carbons (Fsp3) is 0.481. The smallest absolute Gasteiger partial charge is 0.317 e. The molecule has 1 unspecified atom stereocenters. The SMILES string of the molecule is COc1ccc(C(CNC(=O)N2CCC(NC(=O)c3ccccc3C)CC2)N2CCCC2)cc1. The van der Waals surface area contributed by atoms with Gasteiger partial charge >= 0.3 is 6.03 Å². The molecule has 4 rings (SSSR count). The number of nitrogens with one attached hydrogen (secondary N) is 2. The second-order valence-electron chi connectivity index (χ2n) is 9.27. The summed E-state index contributed by atoms with van der Waals surface area (Å²) in [6.45, 7) is 5.92. The summed E-state index contributed by atoms with van der Waals surface area (Å²) in [5.74, 6) is 0.805. The van der Waals surface area contributed by atoms with Crippen molar-refractivity contribution in [3.05, 3.63) is 65.2 Å². The highest BCUT2D eigenvalue weighted by molar-refractivity contribution is 5.95. The predicted octanol–water partition coefficient (Wildman–Crippen LogP) is 3.74. The van der Waals surface area contributed by atoms with Crippen molar-refractivity contribution in [2.45, 2.75) is 44.7 Å². The van der Waals surface area contributed by atoms with Crippen LogP contribution in [-0.2, 0) is 0 Å². The summed E-state index contributed by atoms with van der Waals surface area (Å²) in [6, 6.07) is 16.0. The van der Waals surface area contributed by atoms with Crippen LogP contribution in [0.1, 0.15) is 53.2 Å². The van der Waals surface area contributed by atoms with Crippen molar-refractivity contribution < 1.29 is 14.3 Å². The first-order valence-electron chi connectivity index (χ1n) is 12.3. The molecular formula is C27H36N4O3. The number of ether oxygens (including phenoxy) is 1. The Labute approximate surface area is 202 Å². The van der Waals surface area contributed by atoms with Crippen LogP contribution in [-0.4, -0.2) is 67.6 Å². The minimum Gasteiger partial charge on any atom is -0.497 e. The van der Waals surface area contributed by atoms with Gasteiger partial charge in [0.15, 0.2) is 0 Å². The molecular weight excluding hydrogens is 428 g/mol. The minimum atomic E-state index is -0.0334. The molecule has 0 spiro atoms. The van der Waals surface area contributed by atoms with Gasteiger partial charge in [0.1, 0.15) is 5.75 Å². The van der Waals surface area contributed by atoms with E-state index in [4.69, 9.17) is 4.74 Å². The molecule has 7 nitrogen and oxygen atoms in total. The number of likely N-dealkylation sites (tertiary alicyclic amines) is 2. The number of carbonyl (C=O) groups excluding carboxylic acids is 2. The van der Waals surface area contributed by atoms with Gasteiger partial charge in [0.25, 0.3) is 5.91 Å². The van der Waals surface area contributed by atoms with Crippen LogP contribution < -0.4 is 15.4 Å². The van der Waals surface area contributed by atoms with E-state index in [-0.39, 0.29) is 24.0 Å². The number of hydrogen-bond acceptors (Lipinski definition) is 4. The zero-order valence-electron chi connectivity index (χ0n) is 20.3. The van der Waals surface area contributed by atoms with Crippen LogP contribution in [0, 0.1) is 6.92 Å². The Morgan fingerprint density at radius 1 is 1.00 bits per heavy atom. The van der Waals surface area contributed by atoms with Gasteiger partial charge in [0.2, 0.25) is 0 Å². The van der Waals surface area contributed by atoms with E-state index in [1.54, 1.807) is 7.11 Å². The molecule has 2 saturated heterocycles. The van der Waals surface area contributed by atoms with Crippen LogP contribution >= 0.6 is 0 Å². The van der Waals surface area contributed by atoms with Crippen molar-refractivity contribution >= 4 is 11.9 Å². The normalized spacial score (nSPS) is 17.9. The molecule has 0 bridgehead atoms. The summed E-state index contributed by atoms with van der Waals surface area (Å²) in [5, 5.41) is 6.31. The second-order valence-corrected chi connectivity index (χ2v) is 9.27. The minimum absolute atomic E-state index is 0.0265. The van der Waals surface area contributed by atoms with E-state index >= 15 is 0 Å². The van der Waals surface area contributed by atoms with E-state index in [1.165, 1.54) is 18.4 Å². The summed E-state index contributed by atoms with van der Waals surface area (Å²) in [5.41, 5.74) is 2.89. The first-order chi connectivity index (χ1) is 16.5. The van der Waals surface area contributed by atoms with Crippen molar-refractivity contribution in [1.29, 1.82) is 0 Å². The molecule has 0 aliphatic carbocycles. The van der Waals surface area contributed by atoms with E-state index in [1.807, 2.05) is 48.2 Å². The zero-order valence-corrected chi connectivity index (χ0v) is 20.3. The summed E-state index contributed by atoms with van der Waals surface area (Å²) in [7, 11) is 1.67. The lowest BCUT2D eigenvalue weighted by molar-refractivity contribution is 0.0917. The standard InChI is InChI=1S/C27H36N4O3/c1-20-7-3-4-8-24(20)26(32)29-22-13-17-31(18-14-22)27(33)28-19-25(30-15-5-6-16-30)21-9-11-23(34-2)12-10-21/h3-4,7-12,22,25H,5-6,13-19H2,1-2H3,(H,28,33)(H,29,32). The van der Waals surface area contributed by atoms with Crippen LogP contribution in [0.15, 0.2) is 48.5 Å². The molecule has 2 aliphatic rings. The lowest BCUT2D eigenvalue weighted by Crippen LogP contribution is -2.50. The number of carbonyl (C=O) groups is 2. The van der Waals surface area contributed by atoms with Gasteiger partial charge in [-0.15, -0.1) is 0 Å². The summed E-state index contributed by atoms with van der Waals surface area (Å²) in [6.07, 6.45) is 3.92. The number of hydrogen-bond donors (Lipinski definition) is 2. The van der Waals surface area contributed by atoms with Gasteiger partial charge in [0, 0.05) is 31.2 Å². The molecule has 2 fully saturated rings. The Morgan fingerprint density at radius 3 is 2.32 bits per heavy atom. The van der Waals surface area contributed by atoms with Crippen LogP contribution in [0.25, 0.3) is 0 Å². The lowest BCUT2D eigenvalue weighted by Gasteiger charge is -2.34. The molecule has 34 heavy (non-hydrogen) atoms. The number of piperidine rings is 1. The summed E-state index contributed by atoms with van der Waals surface area (Å²) in [4.78, 5) is 29.9. The Hall–Kier alpha value is -3.06. The van der Waals surface area contributed by atoms with E-state index < -0.39 is 0 Å². The maximum atomic E-state index is 12.9. The second kappa shape index (κ2) is 11.4. The van der Waals surface area contributed by atoms with Gasteiger partial charge in [-0.1, -0.05) is 30.3 Å². The third-order valence-electron chi connectivity index (χ3n) is 7.04. The molecule has 2 aromatic rings. The van der Waals surface area contributed by atoms with Crippen molar-refractivity contribution in [1.82, 2.24) is 20.4 Å². The number of amides is 3. The van der Waals surface area contributed by atoms with E-state index in [9.17, 15) is 9.59 Å². The van der Waals surface area contributed by atoms with Crippen molar-refractivity contribution in [2.75, 3.05) is 39.8 Å². The van der Waals surface area contributed by atoms with Crippen molar-refractivity contribution in [3.63, 3.8) is 0 Å². The average molecular weight is 465 g/mol. The zero-order chi connectivity index (χ0) is 23.9. The monoisotopic (exact) mass is 464 g/mol. The molecule has 182 valence electrons. The molecule has 1 atom stereocenters. The number of nitrogens with zero attached hydrogens (tertiary/aromatic N) is 2. The molecule has 0 aromatic heterocycles. The summed E-state index contributed by atoms with van der Waals surface area (Å²) >= 11 is 0. The van der Waals surface area contributed by atoms with Gasteiger partial charge in [-0.3, -0.25) is 9.69 Å². The lowest BCUT2D eigenvalue weighted by atomic mass is 10.0. The first-order valence-corrected chi connectivity index (χ1v) is 12.3. The fourth-order valence-electron chi connectivity index (χ4n) is 4.95. The quantitative estimate of drug-likeness (QED) is 0.655. The number of aryl methyl sites for hydroxylation is 1. The van der Waals surface area contributed by atoms with Gasteiger partial charge < -0.3 is 20.3 Å². The molecule has 2 aliphatic heterocycles. The maximum Gasteiger partial charge on any atom is 0.317 e. The largest absolute Gasteiger partial charge is 0.497 e. The van der Waals surface area contributed by atoms with Crippen LogP contribution in [0.4, 0.5) is 4.79 Å². The van der Waals surface area contributed by atoms with E-state index in [0.717, 1.165) is 37.2 Å². The fourth-order valence-corrected chi connectivity index (χ4v) is 4.95. The molecule has 2 aromatic carbocycles. The van der Waals surface area contributed by atoms with Gasteiger partial charge in [0.05, 0.1) is 13.2 Å². The average Bonchev–Trinajstić information content (AvgIpc) is 3.40. The third-order valence-corrected chi connectivity index (χ3v) is 7.04. The van der Waals surface area contributed by atoms with Gasteiger partial charge in [-0.05, 0) is 75.0 Å². The number of urea groups is 1. The highest BCUT2D eigenvalue weighted by Gasteiger charge is 2.27. The van der Waals surface area contributed by atoms with Gasteiger partial charge in [-0.2, -0.15) is 0 Å². The molecule has 0 radical (unpaired) electrons. The maximum absolute atomic E-state index is 12.9. The highest BCUT2D eigenvalue weighted by Crippen LogP contribution is 2.26. The number of methoxy groups -OCH3 is 1. The molecule has 2 N–H and O–H groups in total. The molecule has 3 amide bonds. The topological polar surface area (TPSA) is 73.9 Å². The predicted molar refractivity (Wildman–Crippen MR) is 133 cm³/mol. The van der Waals surface area contributed by atoms with Crippen molar-refractivity contribution in [2.24, 2.45) is 0 Å². The Balaban J connectivity index is 1.28. The first kappa shape index (κ1) is 24.1. The molecule has 0 saturated carbocycles. The number of rotatable bonds is 7. The highest BCUT2D eigenvalue weighted by atomic mass is 16.5. The summed E-state index contributed by atoms with van der Waals surface area (Å²) < 4.78 is 5.30. The van der Waals surface area contributed by atoms with E-state index in [2.05, 4.69) is 27.7 Å². The van der Waals surface area contributed by atoms with Crippen molar-refractivity contribution in [3.8, 4) is 5.75 Å². The Morgan fingerprint density at radius 2 is 1.68 bits per heavy atom. The Kier molecular flexibility index (Phi) is 8.06. The van der Waals surface area contributed by atoms with Gasteiger partial charge in [-0.25, -0.2) is 4.79 Å². The van der Waals surface area contributed by atoms with E-state index in [0.29, 0.717) is 25.2 Å². The Bertz CT molecular complexity index is 964. The molecule has 2 heterocycles. The molecule has 7 heteroatoms. The van der Waals surface area contributed by atoms with Crippen LogP contribution in [0.3, 0.4) is 0 Å².